The average molecular weight is 344 g/mol. The molecule has 0 aromatic rings. The Bertz CT molecular complexity index is 372. The molecule has 6 heteroatoms. The third-order valence-electron chi connectivity index (χ3n) is 4.68. The van der Waals surface area contributed by atoms with Crippen molar-refractivity contribution in [2.24, 2.45) is 11.8 Å². The molecule has 2 N–H and O–H groups in total. The van der Waals surface area contributed by atoms with E-state index in [1.165, 1.54) is 12.0 Å². The number of ether oxygens (including phenoxy) is 1. The minimum absolute atomic E-state index is 0.0499. The van der Waals surface area contributed by atoms with Gasteiger partial charge in [-0.05, 0) is 11.8 Å². The Morgan fingerprint density at radius 3 is 2.21 bits per heavy atom. The largest absolute Gasteiger partial charge is 0.389 e. The highest BCUT2D eigenvalue weighted by molar-refractivity contribution is 5.81. The number of rotatable bonds is 12. The summed E-state index contributed by atoms with van der Waals surface area (Å²) in [6.45, 7) is 8.43. The second-order valence-electron chi connectivity index (χ2n) is 6.61. The van der Waals surface area contributed by atoms with Crippen LogP contribution in [-0.2, 0) is 14.3 Å². The molecule has 2 amide bonds. The number of carbonyl (C=O) groups is 2. The van der Waals surface area contributed by atoms with E-state index in [1.54, 1.807) is 7.05 Å². The van der Waals surface area contributed by atoms with E-state index >= 15 is 0 Å². The Hall–Kier alpha value is -1.14. The first kappa shape index (κ1) is 22.9. The fourth-order valence-electron chi connectivity index (χ4n) is 2.62. The molecule has 0 aliphatic carbocycles. The van der Waals surface area contributed by atoms with Gasteiger partial charge in [-0.2, -0.15) is 0 Å². The van der Waals surface area contributed by atoms with Crippen LogP contribution in [0.3, 0.4) is 0 Å². The van der Waals surface area contributed by atoms with Gasteiger partial charge in [0, 0.05) is 33.7 Å². The third kappa shape index (κ3) is 8.11. The van der Waals surface area contributed by atoms with E-state index in [9.17, 15) is 14.7 Å². The number of aliphatic hydroxyl groups excluding tert-OH is 1. The van der Waals surface area contributed by atoms with Gasteiger partial charge in [0.15, 0.2) is 0 Å². The molecule has 0 aliphatic rings. The first-order valence-corrected chi connectivity index (χ1v) is 9.02. The minimum atomic E-state index is -0.793. The van der Waals surface area contributed by atoms with Crippen LogP contribution in [0.5, 0.6) is 0 Å². The van der Waals surface area contributed by atoms with Crippen LogP contribution in [0.4, 0.5) is 0 Å². The van der Waals surface area contributed by atoms with Crippen molar-refractivity contribution in [3.05, 3.63) is 0 Å². The quantitative estimate of drug-likeness (QED) is 0.566. The Morgan fingerprint density at radius 2 is 1.75 bits per heavy atom. The summed E-state index contributed by atoms with van der Waals surface area (Å²) >= 11 is 0. The Balaban J connectivity index is 4.33. The van der Waals surface area contributed by atoms with E-state index in [2.05, 4.69) is 19.2 Å². The Kier molecular flexibility index (Phi) is 11.7. The van der Waals surface area contributed by atoms with Crippen molar-refractivity contribution in [1.29, 1.82) is 0 Å². The van der Waals surface area contributed by atoms with Crippen LogP contribution in [0.15, 0.2) is 0 Å². The van der Waals surface area contributed by atoms with Crippen molar-refractivity contribution in [2.45, 2.75) is 65.6 Å². The number of nitrogens with zero attached hydrogens (tertiary/aromatic N) is 1. The summed E-state index contributed by atoms with van der Waals surface area (Å²) in [6, 6.07) is 0. The fraction of sp³-hybridized carbons (Fsp3) is 0.889. The lowest BCUT2D eigenvalue weighted by Crippen LogP contribution is -2.46. The molecule has 0 saturated carbocycles. The van der Waals surface area contributed by atoms with Crippen LogP contribution in [-0.4, -0.2) is 61.3 Å². The van der Waals surface area contributed by atoms with Gasteiger partial charge in [-0.1, -0.05) is 47.0 Å². The van der Waals surface area contributed by atoms with Gasteiger partial charge in [0.2, 0.25) is 5.91 Å². The van der Waals surface area contributed by atoms with Crippen LogP contribution in [0.2, 0.25) is 0 Å². The lowest BCUT2D eigenvalue weighted by atomic mass is 9.99. The highest BCUT2D eigenvalue weighted by Gasteiger charge is 2.27. The molecular weight excluding hydrogens is 308 g/mol. The molecule has 0 heterocycles. The van der Waals surface area contributed by atoms with Gasteiger partial charge < -0.3 is 20.1 Å². The van der Waals surface area contributed by atoms with Gasteiger partial charge in [-0.3, -0.25) is 9.59 Å². The van der Waals surface area contributed by atoms with Gasteiger partial charge >= 0.3 is 0 Å². The maximum Gasteiger partial charge on any atom is 0.251 e. The van der Waals surface area contributed by atoms with Crippen LogP contribution in [0.1, 0.15) is 53.4 Å². The summed E-state index contributed by atoms with van der Waals surface area (Å²) in [4.78, 5) is 25.7. The zero-order valence-electron chi connectivity index (χ0n) is 16.2. The first-order chi connectivity index (χ1) is 11.3. The second-order valence-corrected chi connectivity index (χ2v) is 6.61. The van der Waals surface area contributed by atoms with E-state index in [-0.39, 0.29) is 30.8 Å². The maximum atomic E-state index is 12.4. The second kappa shape index (κ2) is 12.3. The SMILES string of the molecule is CCC(CC)CC(=O)NCC(O)CN(C)C(=O)C(OC)C(C)CC. The smallest absolute Gasteiger partial charge is 0.251 e. The van der Waals surface area contributed by atoms with Gasteiger partial charge in [-0.15, -0.1) is 0 Å². The number of hydrogen-bond acceptors (Lipinski definition) is 4. The lowest BCUT2D eigenvalue weighted by Gasteiger charge is -2.28. The minimum Gasteiger partial charge on any atom is -0.389 e. The Labute approximate surface area is 146 Å². The maximum absolute atomic E-state index is 12.4. The number of nitrogens with one attached hydrogen (secondary N) is 1. The summed E-state index contributed by atoms with van der Waals surface area (Å²) in [6.07, 6.45) is 1.96. The molecule has 0 radical (unpaired) electrons. The van der Waals surface area contributed by atoms with E-state index in [0.717, 1.165) is 19.3 Å². The molecule has 3 atom stereocenters. The van der Waals surface area contributed by atoms with Crippen molar-refractivity contribution in [2.75, 3.05) is 27.2 Å². The van der Waals surface area contributed by atoms with E-state index < -0.39 is 12.2 Å². The molecule has 3 unspecified atom stereocenters. The molecule has 0 spiro atoms. The number of amides is 2. The summed E-state index contributed by atoms with van der Waals surface area (Å²) in [5.41, 5.74) is 0. The van der Waals surface area contributed by atoms with Crippen molar-refractivity contribution in [3.63, 3.8) is 0 Å². The molecule has 6 nitrogen and oxygen atoms in total. The summed E-state index contributed by atoms with van der Waals surface area (Å²) in [5.74, 6) is 0.298. The van der Waals surface area contributed by atoms with Gasteiger partial charge in [0.05, 0.1) is 6.10 Å². The summed E-state index contributed by atoms with van der Waals surface area (Å²) in [7, 11) is 3.17. The lowest BCUT2D eigenvalue weighted by molar-refractivity contribution is -0.144. The van der Waals surface area contributed by atoms with Crippen molar-refractivity contribution in [1.82, 2.24) is 10.2 Å². The van der Waals surface area contributed by atoms with Gasteiger partial charge in [0.1, 0.15) is 6.10 Å². The van der Waals surface area contributed by atoms with Gasteiger partial charge in [0.25, 0.3) is 5.91 Å². The zero-order chi connectivity index (χ0) is 18.7. The van der Waals surface area contributed by atoms with Crippen molar-refractivity contribution >= 4 is 11.8 Å². The standard InChI is InChI=1S/C18H36N2O4/c1-7-13(4)17(24-6)18(23)20(5)12-15(21)11-19-16(22)10-14(8-2)9-3/h13-15,17,21H,7-12H2,1-6H3,(H,19,22). The molecule has 0 fully saturated rings. The molecule has 0 bridgehead atoms. The predicted octanol–water partition coefficient (Wildman–Crippen LogP) is 1.81. The number of aliphatic hydroxyl groups is 1. The topological polar surface area (TPSA) is 78.9 Å². The van der Waals surface area contributed by atoms with Crippen LogP contribution in [0.25, 0.3) is 0 Å². The normalized spacial score (nSPS) is 15.0. The van der Waals surface area contributed by atoms with E-state index in [1.807, 2.05) is 13.8 Å². The summed E-state index contributed by atoms with van der Waals surface area (Å²) < 4.78 is 5.29. The van der Waals surface area contributed by atoms with Gasteiger partial charge in [-0.25, -0.2) is 0 Å². The van der Waals surface area contributed by atoms with Crippen molar-refractivity contribution in [3.8, 4) is 0 Å². The number of hydrogen-bond donors (Lipinski definition) is 2. The average Bonchev–Trinajstić information content (AvgIpc) is 2.57. The molecule has 0 rings (SSSR count). The number of methoxy groups -OCH3 is 1. The first-order valence-electron chi connectivity index (χ1n) is 9.02. The molecular formula is C18H36N2O4. The highest BCUT2D eigenvalue weighted by Crippen LogP contribution is 2.14. The highest BCUT2D eigenvalue weighted by atomic mass is 16.5. The number of carbonyl (C=O) groups excluding carboxylic acids is 2. The monoisotopic (exact) mass is 344 g/mol. The van der Waals surface area contributed by atoms with E-state index in [0.29, 0.717) is 12.3 Å². The molecule has 0 aromatic heterocycles. The van der Waals surface area contributed by atoms with Crippen molar-refractivity contribution < 1.29 is 19.4 Å². The third-order valence-corrected chi connectivity index (χ3v) is 4.68. The van der Waals surface area contributed by atoms with Crippen LogP contribution in [0, 0.1) is 11.8 Å². The summed E-state index contributed by atoms with van der Waals surface area (Å²) in [5, 5.41) is 12.8. The predicted molar refractivity (Wildman–Crippen MR) is 95.6 cm³/mol. The number of likely N-dealkylation sites (N-methyl/N-ethyl adjacent to an activating group) is 1. The van der Waals surface area contributed by atoms with E-state index in [4.69, 9.17) is 4.74 Å². The van der Waals surface area contributed by atoms with Crippen LogP contribution >= 0.6 is 0 Å². The van der Waals surface area contributed by atoms with Crippen LogP contribution < -0.4 is 5.32 Å². The Morgan fingerprint density at radius 1 is 1.17 bits per heavy atom. The molecule has 0 aliphatic heterocycles. The molecule has 0 aromatic carbocycles. The molecule has 24 heavy (non-hydrogen) atoms. The fourth-order valence-corrected chi connectivity index (χ4v) is 2.62. The zero-order valence-corrected chi connectivity index (χ0v) is 16.2. The molecule has 142 valence electrons. The molecule has 0 saturated heterocycles.